The largest absolute Gasteiger partial charge is 0.366 e. The molecule has 1 fully saturated rings. The van der Waals surface area contributed by atoms with E-state index in [0.717, 1.165) is 6.54 Å². The van der Waals surface area contributed by atoms with Gasteiger partial charge in [-0.15, -0.1) is 12.4 Å². The van der Waals surface area contributed by atoms with E-state index in [-0.39, 0.29) is 23.2 Å². The number of rotatable bonds is 4. The first kappa shape index (κ1) is 18.9. The van der Waals surface area contributed by atoms with Crippen LogP contribution in [0, 0.1) is 6.92 Å². The molecule has 2 rings (SSSR count). The van der Waals surface area contributed by atoms with Gasteiger partial charge in [0.2, 0.25) is 10.0 Å². The molecule has 1 aromatic carbocycles. The minimum atomic E-state index is -3.56. The van der Waals surface area contributed by atoms with Crippen molar-refractivity contribution in [2.45, 2.75) is 17.9 Å². The van der Waals surface area contributed by atoms with Crippen LogP contribution in [0.25, 0.3) is 0 Å². The van der Waals surface area contributed by atoms with Gasteiger partial charge in [0, 0.05) is 18.8 Å². The van der Waals surface area contributed by atoms with Gasteiger partial charge in [0.05, 0.1) is 11.5 Å². The second kappa shape index (κ2) is 7.89. The minimum Gasteiger partial charge on any atom is -0.366 e. The van der Waals surface area contributed by atoms with Gasteiger partial charge in [-0.25, -0.2) is 13.1 Å². The van der Waals surface area contributed by atoms with Crippen LogP contribution in [0.5, 0.6) is 0 Å². The standard InChI is InChI=1S/C13H19N3O4S.ClH/c1-9-3-4-10(7-12(9)21(18,19)14-2)16-13(17)11-8-15-5-6-20-11;/h3-4,7,11,14-15H,5-6,8H2,1-2H3,(H,16,17);1H. The fourth-order valence-corrected chi connectivity index (χ4v) is 3.03. The number of aryl methyl sites for hydroxylation is 1. The Morgan fingerprint density at radius 2 is 2.14 bits per heavy atom. The quantitative estimate of drug-likeness (QED) is 0.724. The highest BCUT2D eigenvalue weighted by molar-refractivity contribution is 7.89. The molecule has 22 heavy (non-hydrogen) atoms. The Labute approximate surface area is 136 Å². The first-order valence-corrected chi connectivity index (χ1v) is 8.10. The highest BCUT2D eigenvalue weighted by atomic mass is 35.5. The summed E-state index contributed by atoms with van der Waals surface area (Å²) in [4.78, 5) is 12.2. The molecule has 1 aliphatic heterocycles. The zero-order chi connectivity index (χ0) is 15.5. The molecule has 1 aliphatic rings. The summed E-state index contributed by atoms with van der Waals surface area (Å²) in [6.45, 7) is 3.34. The molecule has 0 radical (unpaired) electrons. The number of carbonyl (C=O) groups excluding carboxylic acids is 1. The van der Waals surface area contributed by atoms with Gasteiger partial charge >= 0.3 is 0 Å². The summed E-state index contributed by atoms with van der Waals surface area (Å²) in [5.74, 6) is -0.293. The summed E-state index contributed by atoms with van der Waals surface area (Å²) < 4.78 is 31.4. The van der Waals surface area contributed by atoms with Crippen molar-refractivity contribution in [1.29, 1.82) is 0 Å². The molecule has 1 heterocycles. The van der Waals surface area contributed by atoms with Crippen molar-refractivity contribution in [2.24, 2.45) is 0 Å². The Morgan fingerprint density at radius 3 is 2.73 bits per heavy atom. The van der Waals surface area contributed by atoms with E-state index in [4.69, 9.17) is 4.74 Å². The normalized spacial score (nSPS) is 18.4. The maximum atomic E-state index is 12.0. The van der Waals surface area contributed by atoms with Crippen molar-refractivity contribution in [3.8, 4) is 0 Å². The number of anilines is 1. The third-order valence-corrected chi connectivity index (χ3v) is 4.79. The molecule has 0 aromatic heterocycles. The lowest BCUT2D eigenvalue weighted by Crippen LogP contribution is -2.45. The summed E-state index contributed by atoms with van der Waals surface area (Å²) in [7, 11) is -2.21. The molecule has 0 spiro atoms. The number of halogens is 1. The number of nitrogens with one attached hydrogen (secondary N) is 3. The fourth-order valence-electron chi connectivity index (χ4n) is 2.03. The molecule has 0 bridgehead atoms. The molecule has 0 saturated carbocycles. The van der Waals surface area contributed by atoms with Gasteiger partial charge in [-0.1, -0.05) is 6.07 Å². The number of hydrogen-bond acceptors (Lipinski definition) is 5. The molecule has 9 heteroatoms. The van der Waals surface area contributed by atoms with Gasteiger partial charge in [-0.3, -0.25) is 4.79 Å². The van der Waals surface area contributed by atoms with Gasteiger partial charge < -0.3 is 15.4 Å². The van der Waals surface area contributed by atoms with E-state index < -0.39 is 16.1 Å². The zero-order valence-corrected chi connectivity index (χ0v) is 14.0. The molecule has 124 valence electrons. The topological polar surface area (TPSA) is 96.5 Å². The Bertz CT molecular complexity index is 630. The van der Waals surface area contributed by atoms with Crippen molar-refractivity contribution in [3.63, 3.8) is 0 Å². The van der Waals surface area contributed by atoms with E-state index in [2.05, 4.69) is 15.4 Å². The minimum absolute atomic E-state index is 0. The van der Waals surface area contributed by atoms with E-state index >= 15 is 0 Å². The lowest BCUT2D eigenvalue weighted by Gasteiger charge is -2.22. The van der Waals surface area contributed by atoms with Crippen molar-refractivity contribution in [2.75, 3.05) is 32.1 Å². The average molecular weight is 350 g/mol. The average Bonchev–Trinajstić information content (AvgIpc) is 2.50. The van der Waals surface area contributed by atoms with Crippen molar-refractivity contribution in [1.82, 2.24) is 10.0 Å². The summed E-state index contributed by atoms with van der Waals surface area (Å²) in [5, 5.41) is 5.74. The molecule has 1 unspecified atom stereocenters. The third-order valence-electron chi connectivity index (χ3n) is 3.23. The molecule has 3 N–H and O–H groups in total. The lowest BCUT2D eigenvalue weighted by atomic mass is 10.2. The van der Waals surface area contributed by atoms with E-state index in [9.17, 15) is 13.2 Å². The molecule has 0 aliphatic carbocycles. The number of carbonyl (C=O) groups is 1. The Hall–Kier alpha value is -1.19. The van der Waals surface area contributed by atoms with Gasteiger partial charge in [0.15, 0.2) is 0 Å². The molecular weight excluding hydrogens is 330 g/mol. The molecule has 1 saturated heterocycles. The fraction of sp³-hybridized carbons (Fsp3) is 0.462. The second-order valence-electron chi connectivity index (χ2n) is 4.74. The number of morpholine rings is 1. The lowest BCUT2D eigenvalue weighted by molar-refractivity contribution is -0.128. The third kappa shape index (κ3) is 4.40. The first-order valence-electron chi connectivity index (χ1n) is 6.61. The van der Waals surface area contributed by atoms with E-state index in [0.29, 0.717) is 24.4 Å². The molecule has 7 nitrogen and oxygen atoms in total. The van der Waals surface area contributed by atoms with Crippen LogP contribution >= 0.6 is 12.4 Å². The maximum absolute atomic E-state index is 12.0. The van der Waals surface area contributed by atoms with E-state index in [1.807, 2.05) is 0 Å². The number of benzene rings is 1. The number of sulfonamides is 1. The molecule has 1 amide bonds. The highest BCUT2D eigenvalue weighted by Gasteiger charge is 2.22. The Balaban J connectivity index is 0.00000242. The van der Waals surface area contributed by atoms with Crippen LogP contribution in [-0.4, -0.2) is 47.2 Å². The molecule has 1 atom stereocenters. The van der Waals surface area contributed by atoms with Gasteiger partial charge in [-0.05, 0) is 31.7 Å². The van der Waals surface area contributed by atoms with Crippen molar-refractivity contribution < 1.29 is 17.9 Å². The predicted molar refractivity (Wildman–Crippen MR) is 85.9 cm³/mol. The SMILES string of the molecule is CNS(=O)(=O)c1cc(NC(=O)C2CNCCO2)ccc1C.Cl. The van der Waals surface area contributed by atoms with Crippen LogP contribution < -0.4 is 15.4 Å². The Kier molecular flexibility index (Phi) is 6.76. The zero-order valence-electron chi connectivity index (χ0n) is 12.4. The number of ether oxygens (including phenoxy) is 1. The van der Waals surface area contributed by atoms with Crippen LogP contribution in [-0.2, 0) is 19.6 Å². The van der Waals surface area contributed by atoms with Gasteiger partial charge in [0.25, 0.3) is 5.91 Å². The summed E-state index contributed by atoms with van der Waals surface area (Å²) >= 11 is 0. The van der Waals surface area contributed by atoms with E-state index in [1.54, 1.807) is 19.1 Å². The van der Waals surface area contributed by atoms with Gasteiger partial charge in [-0.2, -0.15) is 0 Å². The predicted octanol–water partition coefficient (Wildman–Crippen LogP) is 0.252. The first-order chi connectivity index (χ1) is 9.94. The van der Waals surface area contributed by atoms with Gasteiger partial charge in [0.1, 0.15) is 6.10 Å². The number of amides is 1. The summed E-state index contributed by atoms with van der Waals surface area (Å²) in [6, 6.07) is 4.76. The number of hydrogen-bond donors (Lipinski definition) is 3. The molecule has 1 aromatic rings. The van der Waals surface area contributed by atoms with Crippen LogP contribution in [0.15, 0.2) is 23.1 Å². The van der Waals surface area contributed by atoms with Crippen molar-refractivity contribution >= 4 is 34.0 Å². The van der Waals surface area contributed by atoms with Crippen LogP contribution in [0.4, 0.5) is 5.69 Å². The van der Waals surface area contributed by atoms with Crippen LogP contribution in [0.1, 0.15) is 5.56 Å². The monoisotopic (exact) mass is 349 g/mol. The molecular formula is C13H20ClN3O4S. The van der Waals surface area contributed by atoms with Crippen LogP contribution in [0.2, 0.25) is 0 Å². The van der Waals surface area contributed by atoms with Crippen molar-refractivity contribution in [3.05, 3.63) is 23.8 Å². The second-order valence-corrected chi connectivity index (χ2v) is 6.60. The van der Waals surface area contributed by atoms with E-state index in [1.165, 1.54) is 13.1 Å². The Morgan fingerprint density at radius 1 is 1.41 bits per heavy atom. The highest BCUT2D eigenvalue weighted by Crippen LogP contribution is 2.20. The maximum Gasteiger partial charge on any atom is 0.254 e. The summed E-state index contributed by atoms with van der Waals surface area (Å²) in [5.41, 5.74) is 1.03. The van der Waals surface area contributed by atoms with Crippen LogP contribution in [0.3, 0.4) is 0 Å². The smallest absolute Gasteiger partial charge is 0.254 e. The summed E-state index contributed by atoms with van der Waals surface area (Å²) in [6.07, 6.45) is -0.565.